The van der Waals surface area contributed by atoms with Crippen molar-refractivity contribution in [3.63, 3.8) is 0 Å². The Labute approximate surface area is 194 Å². The van der Waals surface area contributed by atoms with Crippen molar-refractivity contribution in [2.75, 3.05) is 0 Å². The fourth-order valence-corrected chi connectivity index (χ4v) is 6.21. The fourth-order valence-electron chi connectivity index (χ4n) is 6.21. The van der Waals surface area contributed by atoms with Crippen molar-refractivity contribution >= 4 is 23.6 Å². The molecule has 0 bridgehead atoms. The molecule has 180 valence electrons. The van der Waals surface area contributed by atoms with Crippen LogP contribution in [0.1, 0.15) is 68.2 Å². The number of nitrogens with zero attached hydrogens (tertiary/aromatic N) is 4. The van der Waals surface area contributed by atoms with Crippen LogP contribution in [-0.4, -0.2) is 77.8 Å². The molecule has 9 heteroatoms. The highest BCUT2D eigenvalue weighted by Crippen LogP contribution is 2.49. The van der Waals surface area contributed by atoms with E-state index in [-0.39, 0.29) is 35.7 Å². The molecule has 2 unspecified atom stereocenters. The molecule has 0 spiro atoms. The minimum Gasteiger partial charge on any atom is -0.270 e. The van der Waals surface area contributed by atoms with Gasteiger partial charge in [-0.1, -0.05) is 0 Å². The van der Waals surface area contributed by atoms with Crippen LogP contribution < -0.4 is 0 Å². The van der Waals surface area contributed by atoms with Crippen LogP contribution in [0, 0.1) is 0 Å². The van der Waals surface area contributed by atoms with E-state index in [4.69, 9.17) is 4.94 Å². The molecule has 2 atom stereocenters. The van der Waals surface area contributed by atoms with E-state index in [9.17, 15) is 19.2 Å². The lowest BCUT2D eigenvalue weighted by Crippen LogP contribution is -2.62. The molecule has 0 N–H and O–H groups in total. The molecule has 0 aromatic rings. The zero-order valence-electron chi connectivity index (χ0n) is 20.7. The van der Waals surface area contributed by atoms with Crippen LogP contribution in [0.3, 0.4) is 0 Å². The Kier molecular flexibility index (Phi) is 5.10. The summed E-state index contributed by atoms with van der Waals surface area (Å²) in [6, 6.07) is -0.754. The Balaban J connectivity index is 1.65. The Morgan fingerprint density at radius 1 is 0.606 bits per heavy atom. The van der Waals surface area contributed by atoms with E-state index in [2.05, 4.69) is 0 Å². The Hall–Kier alpha value is -2.36. The van der Waals surface area contributed by atoms with Crippen LogP contribution in [0.5, 0.6) is 0 Å². The molecule has 0 aromatic heterocycles. The molecule has 4 aliphatic rings. The standard InChI is InChI=1S/C24H34N4O5/c1-21(2)13-15(25-17(29)9-10-18(25)30)23(5,6)27(21)33-28-22(3,4)14-16(24(28,7)8)26-19(31)11-12-20(26)32/h9-12,15-16H,13-14H2,1-8H3. The van der Waals surface area contributed by atoms with Crippen LogP contribution in [0.2, 0.25) is 0 Å². The number of imide groups is 2. The highest BCUT2D eigenvalue weighted by atomic mass is 16.8. The number of carbonyl (C=O) groups excluding carboxylic acids is 4. The lowest BCUT2D eigenvalue weighted by atomic mass is 9.93. The average molecular weight is 459 g/mol. The van der Waals surface area contributed by atoms with Crippen molar-refractivity contribution in [3.8, 4) is 0 Å². The quantitative estimate of drug-likeness (QED) is 0.595. The van der Waals surface area contributed by atoms with Crippen molar-refractivity contribution in [1.82, 2.24) is 19.9 Å². The van der Waals surface area contributed by atoms with Crippen LogP contribution in [-0.2, 0) is 24.1 Å². The summed E-state index contributed by atoms with van der Waals surface area (Å²) in [6.45, 7) is 16.0. The van der Waals surface area contributed by atoms with Gasteiger partial charge in [0, 0.05) is 35.4 Å². The summed E-state index contributed by atoms with van der Waals surface area (Å²) >= 11 is 0. The molecule has 4 rings (SSSR count). The number of amides is 4. The lowest BCUT2D eigenvalue weighted by Gasteiger charge is -2.48. The first kappa shape index (κ1) is 23.8. The average Bonchev–Trinajstić information content (AvgIpc) is 3.27. The third kappa shape index (κ3) is 3.40. The summed E-state index contributed by atoms with van der Waals surface area (Å²) in [6.07, 6.45) is 6.33. The molecule has 9 nitrogen and oxygen atoms in total. The number of carbonyl (C=O) groups is 4. The second-order valence-electron chi connectivity index (χ2n) is 11.8. The largest absolute Gasteiger partial charge is 0.270 e. The monoisotopic (exact) mass is 458 g/mol. The Morgan fingerprint density at radius 3 is 1.15 bits per heavy atom. The molecule has 0 aliphatic carbocycles. The zero-order chi connectivity index (χ0) is 24.7. The first-order valence-electron chi connectivity index (χ1n) is 11.4. The first-order chi connectivity index (χ1) is 15.0. The van der Waals surface area contributed by atoms with E-state index in [0.717, 1.165) is 0 Å². The summed E-state index contributed by atoms with van der Waals surface area (Å²) in [5, 5.41) is 3.75. The third-order valence-electron chi connectivity index (χ3n) is 7.64. The minimum absolute atomic E-state index is 0.309. The topological polar surface area (TPSA) is 90.5 Å². The number of rotatable bonds is 4. The predicted molar refractivity (Wildman–Crippen MR) is 120 cm³/mol. The summed E-state index contributed by atoms with van der Waals surface area (Å²) in [5.41, 5.74) is -2.37. The first-order valence-corrected chi connectivity index (χ1v) is 11.4. The van der Waals surface area contributed by atoms with Crippen molar-refractivity contribution in [1.29, 1.82) is 0 Å². The highest BCUT2D eigenvalue weighted by Gasteiger charge is 2.62. The number of hydrogen-bond donors (Lipinski definition) is 0. The molecule has 0 radical (unpaired) electrons. The fraction of sp³-hybridized carbons (Fsp3) is 0.667. The molecule has 33 heavy (non-hydrogen) atoms. The van der Waals surface area contributed by atoms with Gasteiger partial charge >= 0.3 is 0 Å². The smallest absolute Gasteiger partial charge is 0.253 e. The van der Waals surface area contributed by atoms with Gasteiger partial charge in [-0.25, -0.2) is 4.94 Å². The van der Waals surface area contributed by atoms with Gasteiger partial charge in [0.2, 0.25) is 0 Å². The second kappa shape index (κ2) is 7.07. The molecular formula is C24H34N4O5. The molecule has 2 fully saturated rings. The molecule has 4 heterocycles. The molecule has 0 aromatic carbocycles. The van der Waals surface area contributed by atoms with E-state index in [1.165, 1.54) is 34.1 Å². The van der Waals surface area contributed by atoms with Crippen molar-refractivity contribution < 1.29 is 24.1 Å². The highest BCUT2D eigenvalue weighted by molar-refractivity contribution is 6.13. The van der Waals surface area contributed by atoms with Gasteiger partial charge < -0.3 is 0 Å². The molecule has 4 amide bonds. The zero-order valence-corrected chi connectivity index (χ0v) is 20.7. The maximum atomic E-state index is 12.5. The summed E-state index contributed by atoms with van der Waals surface area (Å²) in [4.78, 5) is 59.1. The van der Waals surface area contributed by atoms with Gasteiger partial charge in [-0.2, -0.15) is 10.1 Å². The Morgan fingerprint density at radius 2 is 0.879 bits per heavy atom. The van der Waals surface area contributed by atoms with Crippen LogP contribution in [0.15, 0.2) is 24.3 Å². The third-order valence-corrected chi connectivity index (χ3v) is 7.64. The predicted octanol–water partition coefficient (Wildman–Crippen LogP) is 1.95. The Bertz CT molecular complexity index is 879. The van der Waals surface area contributed by atoms with Gasteiger partial charge in [0.15, 0.2) is 0 Å². The maximum Gasteiger partial charge on any atom is 0.253 e. The van der Waals surface area contributed by atoms with Gasteiger partial charge in [0.05, 0.1) is 23.2 Å². The van der Waals surface area contributed by atoms with E-state index in [1.54, 1.807) is 0 Å². The van der Waals surface area contributed by atoms with Gasteiger partial charge in [0.25, 0.3) is 23.6 Å². The molecular weight excluding hydrogens is 424 g/mol. The van der Waals surface area contributed by atoms with Gasteiger partial charge in [0.1, 0.15) is 0 Å². The summed E-state index contributed by atoms with van der Waals surface area (Å²) < 4.78 is 0. The van der Waals surface area contributed by atoms with Crippen LogP contribution in [0.25, 0.3) is 0 Å². The minimum atomic E-state index is -0.689. The van der Waals surface area contributed by atoms with Crippen LogP contribution >= 0.6 is 0 Å². The van der Waals surface area contributed by atoms with E-state index in [0.29, 0.717) is 12.8 Å². The van der Waals surface area contributed by atoms with Crippen LogP contribution in [0.4, 0.5) is 0 Å². The summed E-state index contributed by atoms with van der Waals surface area (Å²) in [7, 11) is 0. The van der Waals surface area contributed by atoms with Crippen molar-refractivity contribution in [3.05, 3.63) is 24.3 Å². The van der Waals surface area contributed by atoms with Gasteiger partial charge in [-0.05, 0) is 68.2 Å². The summed E-state index contributed by atoms with van der Waals surface area (Å²) in [5.74, 6) is -1.24. The second-order valence-corrected chi connectivity index (χ2v) is 11.8. The normalized spacial score (nSPS) is 32.7. The lowest BCUT2D eigenvalue weighted by molar-refractivity contribution is -0.410. The molecule has 2 saturated heterocycles. The van der Waals surface area contributed by atoms with Gasteiger partial charge in [-0.15, -0.1) is 0 Å². The SMILES string of the molecule is CC1(C)CC(N2C(=O)C=CC2=O)C(C)(C)N1ON1C(C)(C)CC(N2C(=O)C=CC2=O)C1(C)C. The maximum absolute atomic E-state index is 12.5. The van der Waals surface area contributed by atoms with Crippen molar-refractivity contribution in [2.45, 2.75) is 102 Å². The van der Waals surface area contributed by atoms with Crippen molar-refractivity contribution in [2.24, 2.45) is 0 Å². The van der Waals surface area contributed by atoms with E-state index in [1.807, 2.05) is 65.5 Å². The van der Waals surface area contributed by atoms with E-state index >= 15 is 0 Å². The van der Waals surface area contributed by atoms with E-state index < -0.39 is 22.2 Å². The van der Waals surface area contributed by atoms with Gasteiger partial charge in [-0.3, -0.25) is 29.0 Å². The number of hydrogen-bond acceptors (Lipinski definition) is 7. The molecule has 4 aliphatic heterocycles. The number of hydroxylamine groups is 4. The molecule has 0 saturated carbocycles.